The molecule has 0 unspecified atom stereocenters. The van der Waals surface area contributed by atoms with Crippen molar-refractivity contribution < 1.29 is 8.42 Å². The fourth-order valence-corrected chi connectivity index (χ4v) is 4.09. The third-order valence-electron chi connectivity index (χ3n) is 3.37. The molecule has 1 aromatic carbocycles. The van der Waals surface area contributed by atoms with Gasteiger partial charge in [-0.25, -0.2) is 13.1 Å². The predicted molar refractivity (Wildman–Crippen MR) is 89.2 cm³/mol. The Balaban J connectivity index is 2.18. The number of benzene rings is 1. The molecule has 0 radical (unpaired) electrons. The summed E-state index contributed by atoms with van der Waals surface area (Å²) in [5, 5.41) is 3.21. The molecule has 2 N–H and O–H groups in total. The largest absolute Gasteiger partial charge is 0.378 e. The molecule has 1 aliphatic heterocycles. The van der Waals surface area contributed by atoms with Crippen LogP contribution in [0.2, 0.25) is 0 Å². The molecule has 0 spiro atoms. The maximum atomic E-state index is 12.5. The smallest absolute Gasteiger partial charge is 0.242 e. The van der Waals surface area contributed by atoms with E-state index in [1.54, 1.807) is 12.1 Å². The molecular formula is C14H20BrN3O2S. The van der Waals surface area contributed by atoms with Crippen molar-refractivity contribution in [3.05, 3.63) is 34.3 Å². The second-order valence-corrected chi connectivity index (χ2v) is 7.74. The molecule has 7 heteroatoms. The summed E-state index contributed by atoms with van der Waals surface area (Å²) in [6.45, 7) is 2.06. The third kappa shape index (κ3) is 4.29. The normalized spacial score (nSPS) is 15.7. The first-order chi connectivity index (χ1) is 9.90. The zero-order valence-electron chi connectivity index (χ0n) is 12.2. The van der Waals surface area contributed by atoms with Gasteiger partial charge in [0, 0.05) is 37.3 Å². The van der Waals surface area contributed by atoms with Crippen molar-refractivity contribution in [2.45, 2.75) is 11.3 Å². The number of sulfonamides is 1. The Morgan fingerprint density at radius 3 is 2.76 bits per heavy atom. The van der Waals surface area contributed by atoms with E-state index in [9.17, 15) is 8.42 Å². The molecule has 1 aliphatic rings. The van der Waals surface area contributed by atoms with Crippen molar-refractivity contribution in [2.24, 2.45) is 0 Å². The number of anilines is 1. The first kappa shape index (κ1) is 16.5. The zero-order chi connectivity index (χ0) is 15.5. The Kier molecular flexibility index (Phi) is 5.43. The van der Waals surface area contributed by atoms with Gasteiger partial charge in [0.15, 0.2) is 0 Å². The lowest BCUT2D eigenvalue weighted by Crippen LogP contribution is -2.30. The molecule has 5 nitrogen and oxygen atoms in total. The summed E-state index contributed by atoms with van der Waals surface area (Å²) in [5.74, 6) is 0. The average molecular weight is 374 g/mol. The lowest BCUT2D eigenvalue weighted by atomic mass is 10.1. The van der Waals surface area contributed by atoms with Gasteiger partial charge >= 0.3 is 0 Å². The number of nitrogens with one attached hydrogen (secondary N) is 2. The van der Waals surface area contributed by atoms with E-state index in [0.717, 1.165) is 30.8 Å². The molecule has 0 aliphatic carbocycles. The second-order valence-electron chi connectivity index (χ2n) is 5.15. The van der Waals surface area contributed by atoms with E-state index in [0.29, 0.717) is 11.0 Å². The molecule has 2 rings (SSSR count). The van der Waals surface area contributed by atoms with Crippen LogP contribution in [0.3, 0.4) is 0 Å². The number of hydrogen-bond donors (Lipinski definition) is 2. The fraction of sp³-hybridized carbons (Fsp3) is 0.429. The van der Waals surface area contributed by atoms with E-state index in [4.69, 9.17) is 0 Å². The van der Waals surface area contributed by atoms with Gasteiger partial charge in [-0.1, -0.05) is 11.6 Å². The van der Waals surface area contributed by atoms with E-state index < -0.39 is 10.0 Å². The predicted octanol–water partition coefficient (Wildman–Crippen LogP) is 1.71. The highest BCUT2D eigenvalue weighted by Crippen LogP contribution is 2.26. The van der Waals surface area contributed by atoms with Crippen LogP contribution in [0.25, 0.3) is 0 Å². The van der Waals surface area contributed by atoms with Gasteiger partial charge < -0.3 is 10.2 Å². The van der Waals surface area contributed by atoms with Gasteiger partial charge in [-0.15, -0.1) is 0 Å². The van der Waals surface area contributed by atoms with Crippen LogP contribution in [0.1, 0.15) is 6.42 Å². The second kappa shape index (κ2) is 6.91. The summed E-state index contributed by atoms with van der Waals surface area (Å²) in [6, 6.07) is 5.30. The molecule has 21 heavy (non-hydrogen) atoms. The van der Waals surface area contributed by atoms with Gasteiger partial charge in [0.25, 0.3) is 0 Å². The Bertz CT molecular complexity index is 642. The molecule has 1 heterocycles. The first-order valence-corrected chi connectivity index (χ1v) is 9.03. The summed E-state index contributed by atoms with van der Waals surface area (Å²) in [6.07, 6.45) is 2.92. The lowest BCUT2D eigenvalue weighted by molar-refractivity contribution is 0.582. The number of nitrogens with zero attached hydrogens (tertiary/aromatic N) is 1. The summed E-state index contributed by atoms with van der Waals surface area (Å²) >= 11 is 3.32. The van der Waals surface area contributed by atoms with E-state index in [1.165, 1.54) is 0 Å². The molecular weight excluding hydrogens is 354 g/mol. The van der Waals surface area contributed by atoms with Crippen molar-refractivity contribution in [2.75, 3.05) is 38.6 Å². The number of hydrogen-bond acceptors (Lipinski definition) is 4. The lowest BCUT2D eigenvalue weighted by Gasteiger charge is -2.17. The third-order valence-corrected chi connectivity index (χ3v) is 5.76. The monoisotopic (exact) mass is 373 g/mol. The van der Waals surface area contributed by atoms with E-state index in [1.807, 2.05) is 31.1 Å². The molecule has 0 saturated heterocycles. The van der Waals surface area contributed by atoms with Crippen LogP contribution < -0.4 is 14.9 Å². The van der Waals surface area contributed by atoms with E-state index >= 15 is 0 Å². The quantitative estimate of drug-likeness (QED) is 0.771. The van der Waals surface area contributed by atoms with Crippen LogP contribution in [0.15, 0.2) is 39.2 Å². The van der Waals surface area contributed by atoms with Gasteiger partial charge in [0.05, 0.1) is 4.90 Å². The minimum Gasteiger partial charge on any atom is -0.378 e. The molecule has 0 aromatic heterocycles. The van der Waals surface area contributed by atoms with E-state index in [2.05, 4.69) is 26.0 Å². The van der Waals surface area contributed by atoms with Crippen molar-refractivity contribution in [3.63, 3.8) is 0 Å². The minimum atomic E-state index is -3.53. The van der Waals surface area contributed by atoms with Crippen molar-refractivity contribution >= 4 is 31.6 Å². The van der Waals surface area contributed by atoms with Gasteiger partial charge in [-0.2, -0.15) is 0 Å². The summed E-state index contributed by atoms with van der Waals surface area (Å²) in [4.78, 5) is 2.14. The highest BCUT2D eigenvalue weighted by atomic mass is 79.9. The number of rotatable bonds is 5. The highest BCUT2D eigenvalue weighted by molar-refractivity contribution is 9.10. The average Bonchev–Trinajstić information content (AvgIpc) is 2.46. The Labute approximate surface area is 134 Å². The van der Waals surface area contributed by atoms with Crippen molar-refractivity contribution in [1.29, 1.82) is 0 Å². The van der Waals surface area contributed by atoms with Gasteiger partial charge in [-0.05, 0) is 47.1 Å². The van der Waals surface area contributed by atoms with Crippen LogP contribution in [-0.2, 0) is 10.0 Å². The molecule has 0 atom stereocenters. The van der Waals surface area contributed by atoms with Gasteiger partial charge in [-0.3, -0.25) is 0 Å². The summed E-state index contributed by atoms with van der Waals surface area (Å²) in [5.41, 5.74) is 1.97. The first-order valence-electron chi connectivity index (χ1n) is 6.75. The fourth-order valence-electron chi connectivity index (χ4n) is 2.07. The topological polar surface area (TPSA) is 61.4 Å². The molecule has 0 bridgehead atoms. The van der Waals surface area contributed by atoms with Crippen molar-refractivity contribution in [1.82, 2.24) is 10.0 Å². The van der Waals surface area contributed by atoms with Gasteiger partial charge in [0.1, 0.15) is 0 Å². The van der Waals surface area contributed by atoms with Crippen LogP contribution in [0.5, 0.6) is 0 Å². The summed E-state index contributed by atoms with van der Waals surface area (Å²) in [7, 11) is 0.233. The zero-order valence-corrected chi connectivity index (χ0v) is 14.6. The molecule has 0 fully saturated rings. The van der Waals surface area contributed by atoms with Crippen molar-refractivity contribution in [3.8, 4) is 0 Å². The van der Waals surface area contributed by atoms with Crippen LogP contribution >= 0.6 is 15.9 Å². The highest BCUT2D eigenvalue weighted by Gasteiger charge is 2.19. The Morgan fingerprint density at radius 1 is 1.38 bits per heavy atom. The van der Waals surface area contributed by atoms with Crippen LogP contribution in [-0.4, -0.2) is 42.1 Å². The molecule has 1 aromatic rings. The maximum absolute atomic E-state index is 12.5. The standard InChI is InChI=1S/C14H20BrN3O2S/c1-18(2)12-3-4-13(15)14(9-12)21(19,20)17-10-11-5-7-16-8-6-11/h3-5,9,16-17H,6-8,10H2,1-2H3. The number of halogens is 1. The SMILES string of the molecule is CN(C)c1ccc(Br)c(S(=O)(=O)NCC2=CCNCC2)c1. The van der Waals surface area contributed by atoms with E-state index in [-0.39, 0.29) is 4.90 Å². The molecule has 0 amide bonds. The molecule has 116 valence electrons. The Morgan fingerprint density at radius 2 is 2.14 bits per heavy atom. The summed E-state index contributed by atoms with van der Waals surface area (Å²) < 4.78 is 28.2. The van der Waals surface area contributed by atoms with Crippen LogP contribution in [0.4, 0.5) is 5.69 Å². The van der Waals surface area contributed by atoms with Gasteiger partial charge in [0.2, 0.25) is 10.0 Å². The molecule has 0 saturated carbocycles. The minimum absolute atomic E-state index is 0.267. The Hall–Kier alpha value is -0.890. The maximum Gasteiger partial charge on any atom is 0.242 e. The van der Waals surface area contributed by atoms with Crippen LogP contribution in [0, 0.1) is 0 Å².